The molecule has 0 amide bonds. The SMILES string of the molecule is CN=C(NCCCOCC1CCOCC1)NCCCc1c(C)noc1C.I. The van der Waals surface area contributed by atoms with Crippen molar-refractivity contribution in [3.05, 3.63) is 17.0 Å². The maximum atomic E-state index is 5.78. The lowest BCUT2D eigenvalue weighted by molar-refractivity contribution is 0.0203. The van der Waals surface area contributed by atoms with E-state index in [1.807, 2.05) is 13.8 Å². The highest BCUT2D eigenvalue weighted by atomic mass is 127. The first-order valence-corrected chi connectivity index (χ1v) is 9.72. The molecule has 1 aliphatic heterocycles. The van der Waals surface area contributed by atoms with E-state index in [1.165, 1.54) is 5.56 Å². The van der Waals surface area contributed by atoms with Crippen LogP contribution in [0.25, 0.3) is 0 Å². The summed E-state index contributed by atoms with van der Waals surface area (Å²) in [6.07, 6.45) is 5.21. The monoisotopic (exact) mass is 494 g/mol. The van der Waals surface area contributed by atoms with Crippen LogP contribution in [0.1, 0.15) is 42.7 Å². The third-order valence-electron chi connectivity index (χ3n) is 4.75. The molecule has 156 valence electrons. The van der Waals surface area contributed by atoms with Crippen molar-refractivity contribution in [3.63, 3.8) is 0 Å². The van der Waals surface area contributed by atoms with Crippen molar-refractivity contribution in [2.45, 2.75) is 46.0 Å². The third kappa shape index (κ3) is 9.25. The second kappa shape index (κ2) is 14.2. The minimum atomic E-state index is 0. The highest BCUT2D eigenvalue weighted by Crippen LogP contribution is 2.15. The van der Waals surface area contributed by atoms with E-state index in [9.17, 15) is 0 Å². The lowest BCUT2D eigenvalue weighted by Crippen LogP contribution is -2.38. The summed E-state index contributed by atoms with van der Waals surface area (Å²) < 4.78 is 16.3. The Hall–Kier alpha value is -0.870. The third-order valence-corrected chi connectivity index (χ3v) is 4.75. The highest BCUT2D eigenvalue weighted by Gasteiger charge is 2.13. The summed E-state index contributed by atoms with van der Waals surface area (Å²) in [7, 11) is 1.80. The molecule has 0 unspecified atom stereocenters. The van der Waals surface area contributed by atoms with Crippen LogP contribution in [0.3, 0.4) is 0 Å². The van der Waals surface area contributed by atoms with E-state index in [2.05, 4.69) is 20.8 Å². The zero-order valence-corrected chi connectivity index (χ0v) is 19.2. The van der Waals surface area contributed by atoms with E-state index in [0.717, 1.165) is 89.0 Å². The highest BCUT2D eigenvalue weighted by molar-refractivity contribution is 14.0. The molecule has 7 nitrogen and oxygen atoms in total. The van der Waals surface area contributed by atoms with Gasteiger partial charge in [0.15, 0.2) is 5.96 Å². The van der Waals surface area contributed by atoms with Crippen molar-refractivity contribution in [2.75, 3.05) is 46.6 Å². The smallest absolute Gasteiger partial charge is 0.190 e. The lowest BCUT2D eigenvalue weighted by atomic mass is 10.0. The molecule has 1 aromatic rings. The first-order chi connectivity index (χ1) is 12.7. The fraction of sp³-hybridized carbons (Fsp3) is 0.789. The number of aromatic nitrogens is 1. The maximum Gasteiger partial charge on any atom is 0.190 e. The van der Waals surface area contributed by atoms with E-state index >= 15 is 0 Å². The molecule has 8 heteroatoms. The van der Waals surface area contributed by atoms with Gasteiger partial charge in [-0.3, -0.25) is 4.99 Å². The van der Waals surface area contributed by atoms with Crippen molar-refractivity contribution in [1.29, 1.82) is 0 Å². The number of rotatable bonds is 10. The minimum Gasteiger partial charge on any atom is -0.381 e. The van der Waals surface area contributed by atoms with Crippen molar-refractivity contribution >= 4 is 29.9 Å². The van der Waals surface area contributed by atoms with Crippen LogP contribution in [0.15, 0.2) is 9.52 Å². The number of nitrogens with one attached hydrogen (secondary N) is 2. The van der Waals surface area contributed by atoms with Gasteiger partial charge in [0.25, 0.3) is 0 Å². The summed E-state index contributed by atoms with van der Waals surface area (Å²) in [5.74, 6) is 2.43. The number of guanidine groups is 1. The summed E-state index contributed by atoms with van der Waals surface area (Å²) in [5.41, 5.74) is 2.21. The van der Waals surface area contributed by atoms with Crippen molar-refractivity contribution in [3.8, 4) is 0 Å². The second-order valence-electron chi connectivity index (χ2n) is 6.82. The van der Waals surface area contributed by atoms with Crippen LogP contribution in [-0.2, 0) is 15.9 Å². The van der Waals surface area contributed by atoms with Crippen LogP contribution in [0.2, 0.25) is 0 Å². The standard InChI is InChI=1S/C19H34N4O3.HI/c1-15-18(16(2)26-23-15)6-4-9-21-19(20-3)22-10-5-11-25-14-17-7-12-24-13-8-17;/h17H,4-14H2,1-3H3,(H2,20,21,22);1H. The normalized spacial score (nSPS) is 15.4. The van der Waals surface area contributed by atoms with Gasteiger partial charge in [0, 0.05) is 52.1 Å². The Balaban J connectivity index is 0.00000364. The van der Waals surface area contributed by atoms with Gasteiger partial charge in [-0.2, -0.15) is 0 Å². The van der Waals surface area contributed by atoms with Crippen LogP contribution >= 0.6 is 24.0 Å². The molecule has 0 aromatic carbocycles. The number of hydrogen-bond acceptors (Lipinski definition) is 5. The Kier molecular flexibility index (Phi) is 12.7. The molecular weight excluding hydrogens is 459 g/mol. The average Bonchev–Trinajstić information content (AvgIpc) is 2.98. The van der Waals surface area contributed by atoms with Gasteiger partial charge in [0.2, 0.25) is 0 Å². The quantitative estimate of drug-likeness (QED) is 0.225. The molecule has 0 radical (unpaired) electrons. The van der Waals surface area contributed by atoms with Gasteiger partial charge in [0.05, 0.1) is 5.69 Å². The van der Waals surface area contributed by atoms with Crippen LogP contribution in [0, 0.1) is 19.8 Å². The second-order valence-corrected chi connectivity index (χ2v) is 6.82. The topological polar surface area (TPSA) is 80.9 Å². The van der Waals surface area contributed by atoms with Crippen LogP contribution in [-0.4, -0.2) is 57.7 Å². The minimum absolute atomic E-state index is 0. The number of aryl methyl sites for hydroxylation is 2. The number of aliphatic imine (C=N–C) groups is 1. The van der Waals surface area contributed by atoms with Crippen LogP contribution in [0.4, 0.5) is 0 Å². The average molecular weight is 494 g/mol. The summed E-state index contributed by atoms with van der Waals surface area (Å²) in [6.45, 7) is 9.09. The number of nitrogens with zero attached hydrogens (tertiary/aromatic N) is 2. The molecule has 0 saturated carbocycles. The van der Waals surface area contributed by atoms with E-state index in [1.54, 1.807) is 7.05 Å². The molecule has 27 heavy (non-hydrogen) atoms. The molecule has 1 fully saturated rings. The zero-order chi connectivity index (χ0) is 18.6. The Bertz CT molecular complexity index is 526. The Morgan fingerprint density at radius 1 is 1.19 bits per heavy atom. The molecule has 1 aliphatic rings. The Morgan fingerprint density at radius 3 is 2.52 bits per heavy atom. The van der Waals surface area contributed by atoms with Crippen LogP contribution in [0.5, 0.6) is 0 Å². The molecule has 2 rings (SSSR count). The first kappa shape index (κ1) is 24.2. The van der Waals surface area contributed by atoms with Gasteiger partial charge < -0.3 is 24.6 Å². The fourth-order valence-corrected chi connectivity index (χ4v) is 3.10. The Morgan fingerprint density at radius 2 is 1.89 bits per heavy atom. The Labute approximate surface area is 180 Å². The molecule has 0 bridgehead atoms. The van der Waals surface area contributed by atoms with E-state index in [0.29, 0.717) is 5.92 Å². The zero-order valence-electron chi connectivity index (χ0n) is 16.9. The fourth-order valence-electron chi connectivity index (χ4n) is 3.10. The van der Waals surface area contributed by atoms with Gasteiger partial charge >= 0.3 is 0 Å². The van der Waals surface area contributed by atoms with Crippen molar-refractivity contribution < 1.29 is 14.0 Å². The van der Waals surface area contributed by atoms with Gasteiger partial charge in [-0.25, -0.2) is 0 Å². The number of hydrogen-bond donors (Lipinski definition) is 2. The first-order valence-electron chi connectivity index (χ1n) is 9.72. The molecule has 1 saturated heterocycles. The van der Waals surface area contributed by atoms with Crippen LogP contribution < -0.4 is 10.6 Å². The summed E-state index contributed by atoms with van der Waals surface area (Å²) >= 11 is 0. The molecule has 0 spiro atoms. The number of ether oxygens (including phenoxy) is 2. The molecular formula is C19H35IN4O3. The van der Waals surface area contributed by atoms with E-state index < -0.39 is 0 Å². The molecule has 0 aliphatic carbocycles. The van der Waals surface area contributed by atoms with Crippen molar-refractivity contribution in [1.82, 2.24) is 15.8 Å². The predicted molar refractivity (Wildman–Crippen MR) is 118 cm³/mol. The van der Waals surface area contributed by atoms with Gasteiger partial charge in [-0.15, -0.1) is 24.0 Å². The van der Waals surface area contributed by atoms with Gasteiger partial charge in [-0.1, -0.05) is 5.16 Å². The largest absolute Gasteiger partial charge is 0.381 e. The van der Waals surface area contributed by atoms with Gasteiger partial charge in [-0.05, 0) is 51.9 Å². The molecule has 2 N–H and O–H groups in total. The number of halogens is 1. The van der Waals surface area contributed by atoms with Crippen molar-refractivity contribution in [2.24, 2.45) is 10.9 Å². The molecule has 0 atom stereocenters. The molecule has 1 aromatic heterocycles. The van der Waals surface area contributed by atoms with E-state index in [4.69, 9.17) is 14.0 Å². The molecule has 2 heterocycles. The lowest BCUT2D eigenvalue weighted by Gasteiger charge is -2.21. The predicted octanol–water partition coefficient (Wildman–Crippen LogP) is 2.84. The summed E-state index contributed by atoms with van der Waals surface area (Å²) in [4.78, 5) is 4.26. The van der Waals surface area contributed by atoms with E-state index in [-0.39, 0.29) is 24.0 Å². The maximum absolute atomic E-state index is 5.78. The summed E-state index contributed by atoms with van der Waals surface area (Å²) in [5, 5.41) is 10.7. The van der Waals surface area contributed by atoms with Gasteiger partial charge in [0.1, 0.15) is 5.76 Å². The summed E-state index contributed by atoms with van der Waals surface area (Å²) in [6, 6.07) is 0.